The van der Waals surface area contributed by atoms with Crippen LogP contribution in [0.1, 0.15) is 11.1 Å². The number of benzene rings is 1. The fourth-order valence-corrected chi connectivity index (χ4v) is 2.20. The summed E-state index contributed by atoms with van der Waals surface area (Å²) in [5, 5.41) is 6.27. The number of nitrogens with zero attached hydrogens (tertiary/aromatic N) is 2. The molecule has 28 heavy (non-hydrogen) atoms. The topological polar surface area (TPSA) is 67.8 Å². The zero-order valence-electron chi connectivity index (χ0n) is 15.4. The monoisotopic (exact) mass is 510 g/mol. The van der Waals surface area contributed by atoms with Crippen LogP contribution in [0.5, 0.6) is 11.6 Å². The van der Waals surface area contributed by atoms with Crippen LogP contribution in [0.4, 0.5) is 13.2 Å². The molecule has 0 bridgehead atoms. The molecule has 0 unspecified atom stereocenters. The summed E-state index contributed by atoms with van der Waals surface area (Å²) in [5.41, 5.74) is 1.75. The lowest BCUT2D eigenvalue weighted by Crippen LogP contribution is -2.36. The van der Waals surface area contributed by atoms with E-state index in [1.165, 1.54) is 12.1 Å². The summed E-state index contributed by atoms with van der Waals surface area (Å²) in [6.07, 6.45) is -2.70. The fourth-order valence-electron chi connectivity index (χ4n) is 2.20. The molecule has 0 radical (unpaired) electrons. The van der Waals surface area contributed by atoms with E-state index in [9.17, 15) is 13.2 Å². The van der Waals surface area contributed by atoms with E-state index in [0.29, 0.717) is 24.9 Å². The quantitative estimate of drug-likeness (QED) is 0.339. The van der Waals surface area contributed by atoms with Gasteiger partial charge in [-0.25, -0.2) is 4.98 Å². The minimum Gasteiger partial charge on any atom is -0.484 e. The van der Waals surface area contributed by atoms with Crippen LogP contribution in [-0.2, 0) is 13.1 Å². The van der Waals surface area contributed by atoms with Gasteiger partial charge in [-0.2, -0.15) is 13.2 Å². The van der Waals surface area contributed by atoms with E-state index in [-0.39, 0.29) is 29.7 Å². The van der Waals surface area contributed by atoms with E-state index in [4.69, 9.17) is 4.74 Å². The highest BCUT2D eigenvalue weighted by Gasteiger charge is 2.28. The van der Waals surface area contributed by atoms with Crippen molar-refractivity contribution >= 4 is 29.9 Å². The minimum absolute atomic E-state index is 0. The molecule has 154 valence electrons. The van der Waals surface area contributed by atoms with E-state index in [1.54, 1.807) is 32.5 Å². The van der Waals surface area contributed by atoms with E-state index in [1.807, 2.05) is 12.1 Å². The highest BCUT2D eigenvalue weighted by Crippen LogP contribution is 2.18. The molecule has 6 nitrogen and oxygen atoms in total. The number of guanidine groups is 1. The molecule has 10 heteroatoms. The maximum absolute atomic E-state index is 12.1. The molecule has 0 amide bonds. The number of hydrogen-bond donors (Lipinski definition) is 2. The first-order valence-corrected chi connectivity index (χ1v) is 8.12. The summed E-state index contributed by atoms with van der Waals surface area (Å²) in [6, 6.07) is 10.1. The first-order valence-electron chi connectivity index (χ1n) is 8.12. The Morgan fingerprint density at radius 1 is 1.11 bits per heavy atom. The van der Waals surface area contributed by atoms with Gasteiger partial charge in [0, 0.05) is 31.9 Å². The van der Waals surface area contributed by atoms with Gasteiger partial charge in [-0.1, -0.05) is 18.2 Å². The number of halogens is 4. The van der Waals surface area contributed by atoms with Crippen LogP contribution >= 0.6 is 24.0 Å². The number of aliphatic imine (C=N–C) groups is 1. The van der Waals surface area contributed by atoms with Gasteiger partial charge >= 0.3 is 6.18 Å². The van der Waals surface area contributed by atoms with Gasteiger partial charge in [0.25, 0.3) is 0 Å². The third kappa shape index (κ3) is 8.19. The first-order chi connectivity index (χ1) is 12.9. The van der Waals surface area contributed by atoms with Crippen LogP contribution in [0.25, 0.3) is 0 Å². The summed E-state index contributed by atoms with van der Waals surface area (Å²) in [4.78, 5) is 8.26. The Kier molecular flexibility index (Phi) is 9.83. The molecule has 0 aliphatic rings. The summed E-state index contributed by atoms with van der Waals surface area (Å²) >= 11 is 0. The molecule has 0 atom stereocenters. The third-order valence-electron chi connectivity index (χ3n) is 3.50. The number of rotatable bonds is 7. The van der Waals surface area contributed by atoms with Crippen LogP contribution < -0.4 is 20.1 Å². The van der Waals surface area contributed by atoms with E-state index < -0.39 is 12.8 Å². The number of ether oxygens (including phenoxy) is 2. The molecule has 0 aliphatic heterocycles. The van der Waals surface area contributed by atoms with Crippen molar-refractivity contribution in [3.05, 3.63) is 53.7 Å². The Hall–Kier alpha value is -2.24. The molecule has 2 N–H and O–H groups in total. The van der Waals surface area contributed by atoms with Gasteiger partial charge in [-0.3, -0.25) is 4.99 Å². The van der Waals surface area contributed by atoms with Crippen molar-refractivity contribution in [2.75, 3.05) is 20.8 Å². The van der Waals surface area contributed by atoms with Gasteiger partial charge < -0.3 is 20.1 Å². The SMILES string of the molecule is CN=C(NCc1ccc(OCC(F)(F)F)cc1)NCc1cccnc1OC.I. The number of aromatic nitrogens is 1. The van der Waals surface area contributed by atoms with Crippen molar-refractivity contribution in [1.82, 2.24) is 15.6 Å². The number of hydrogen-bond acceptors (Lipinski definition) is 4. The Balaban J connectivity index is 0.00000392. The number of pyridine rings is 1. The van der Waals surface area contributed by atoms with Gasteiger partial charge in [0.1, 0.15) is 5.75 Å². The van der Waals surface area contributed by atoms with Crippen molar-refractivity contribution < 1.29 is 22.6 Å². The Morgan fingerprint density at radius 2 is 1.79 bits per heavy atom. The second kappa shape index (κ2) is 11.6. The Morgan fingerprint density at radius 3 is 2.39 bits per heavy atom. The molecule has 1 heterocycles. The third-order valence-corrected chi connectivity index (χ3v) is 3.50. The van der Waals surface area contributed by atoms with Gasteiger partial charge in [0.05, 0.1) is 7.11 Å². The van der Waals surface area contributed by atoms with Crippen molar-refractivity contribution in [1.29, 1.82) is 0 Å². The smallest absolute Gasteiger partial charge is 0.422 e. The largest absolute Gasteiger partial charge is 0.484 e. The van der Waals surface area contributed by atoms with Crippen LogP contribution in [0, 0.1) is 0 Å². The molecule has 1 aromatic heterocycles. The van der Waals surface area contributed by atoms with Crippen LogP contribution in [0.15, 0.2) is 47.6 Å². The molecule has 2 rings (SSSR count). The maximum Gasteiger partial charge on any atom is 0.422 e. The van der Waals surface area contributed by atoms with Crippen molar-refractivity contribution in [3.8, 4) is 11.6 Å². The van der Waals surface area contributed by atoms with E-state index in [0.717, 1.165) is 11.1 Å². The van der Waals surface area contributed by atoms with E-state index in [2.05, 4.69) is 25.3 Å². The van der Waals surface area contributed by atoms with Crippen molar-refractivity contribution in [3.63, 3.8) is 0 Å². The molecular formula is C18H22F3IN4O2. The standard InChI is InChI=1S/C18H21F3N4O2.HI/c1-22-17(25-11-14-4-3-9-23-16(14)26-2)24-10-13-5-7-15(8-6-13)27-12-18(19,20)21;/h3-9H,10-12H2,1-2H3,(H2,22,24,25);1H. The Labute approximate surface area is 178 Å². The summed E-state index contributed by atoms with van der Waals surface area (Å²) in [5.74, 6) is 1.27. The molecule has 0 saturated heterocycles. The predicted molar refractivity (Wildman–Crippen MR) is 111 cm³/mol. The fraction of sp³-hybridized carbons (Fsp3) is 0.333. The normalized spacial score (nSPS) is 11.4. The van der Waals surface area contributed by atoms with Gasteiger partial charge in [-0.05, 0) is 23.8 Å². The summed E-state index contributed by atoms with van der Waals surface area (Å²) in [7, 11) is 3.20. The average molecular weight is 510 g/mol. The predicted octanol–water partition coefficient (Wildman–Crippen LogP) is 3.51. The highest BCUT2D eigenvalue weighted by molar-refractivity contribution is 14.0. The second-order valence-electron chi connectivity index (χ2n) is 5.50. The highest BCUT2D eigenvalue weighted by atomic mass is 127. The van der Waals surface area contributed by atoms with Crippen molar-refractivity contribution in [2.45, 2.75) is 19.3 Å². The molecule has 0 saturated carbocycles. The van der Waals surface area contributed by atoms with Crippen LogP contribution in [0.3, 0.4) is 0 Å². The summed E-state index contributed by atoms with van der Waals surface area (Å²) in [6.45, 7) is -0.386. The van der Waals surface area contributed by atoms with Gasteiger partial charge in [0.2, 0.25) is 5.88 Å². The van der Waals surface area contributed by atoms with Gasteiger partial charge in [-0.15, -0.1) is 24.0 Å². The van der Waals surface area contributed by atoms with Crippen LogP contribution in [0.2, 0.25) is 0 Å². The maximum atomic E-state index is 12.1. The molecule has 0 fully saturated rings. The number of alkyl halides is 3. The zero-order chi connectivity index (χ0) is 19.7. The first kappa shape index (κ1) is 23.8. The second-order valence-corrected chi connectivity index (χ2v) is 5.50. The Bertz CT molecular complexity index is 755. The number of methoxy groups -OCH3 is 1. The van der Waals surface area contributed by atoms with E-state index >= 15 is 0 Å². The lowest BCUT2D eigenvalue weighted by molar-refractivity contribution is -0.153. The average Bonchev–Trinajstić information content (AvgIpc) is 2.67. The van der Waals surface area contributed by atoms with Gasteiger partial charge in [0.15, 0.2) is 12.6 Å². The lowest BCUT2D eigenvalue weighted by atomic mass is 10.2. The number of nitrogens with one attached hydrogen (secondary N) is 2. The lowest BCUT2D eigenvalue weighted by Gasteiger charge is -2.13. The van der Waals surface area contributed by atoms with Crippen LogP contribution in [-0.4, -0.2) is 37.9 Å². The molecule has 0 aliphatic carbocycles. The summed E-state index contributed by atoms with van der Waals surface area (Å²) < 4.78 is 46.3. The molecule has 2 aromatic rings. The molecule has 1 aromatic carbocycles. The minimum atomic E-state index is -4.35. The zero-order valence-corrected chi connectivity index (χ0v) is 17.7. The molecule has 0 spiro atoms. The molecular weight excluding hydrogens is 488 g/mol. The van der Waals surface area contributed by atoms with Crippen molar-refractivity contribution in [2.24, 2.45) is 4.99 Å².